The van der Waals surface area contributed by atoms with Crippen LogP contribution >= 0.6 is 12.6 Å². The second kappa shape index (κ2) is 10.8. The first-order valence-corrected chi connectivity index (χ1v) is 10.8. The monoisotopic (exact) mass is 370 g/mol. The van der Waals surface area contributed by atoms with Crippen molar-refractivity contribution in [2.45, 2.75) is 57.6 Å². The van der Waals surface area contributed by atoms with Gasteiger partial charge >= 0.3 is 0 Å². The lowest BCUT2D eigenvalue weighted by Crippen LogP contribution is -2.19. The molecule has 0 amide bonds. The van der Waals surface area contributed by atoms with E-state index in [9.17, 15) is 8.42 Å². The second-order valence-corrected chi connectivity index (χ2v) is 9.25. The Morgan fingerprint density at radius 3 is 2.25 bits per heavy atom. The molecular formula is C18H30N2O2S2. The van der Waals surface area contributed by atoms with Gasteiger partial charge in [0.1, 0.15) is 0 Å². The van der Waals surface area contributed by atoms with E-state index in [0.717, 1.165) is 49.8 Å². The standard InChI is InChI=1S/C18H30N2O2S2/c1-15(2)24(21,22)13-7-5-3-4-6-8-16-9-11-17(12-10-16)18(14-23)20-19/h9-12,14-15,20,23H,3-8,13,19H2,1-2H3/b18-14-. The van der Waals surface area contributed by atoms with Gasteiger partial charge in [-0.3, -0.25) is 5.84 Å². The molecule has 3 N–H and O–H groups in total. The Morgan fingerprint density at radius 2 is 1.71 bits per heavy atom. The lowest BCUT2D eigenvalue weighted by atomic mass is 10.0. The van der Waals surface area contributed by atoms with Gasteiger partial charge in [0.2, 0.25) is 0 Å². The molecule has 0 aliphatic carbocycles. The Kier molecular flexibility index (Phi) is 9.48. The molecule has 0 aliphatic rings. The second-order valence-electron chi connectivity index (χ2n) is 6.32. The van der Waals surface area contributed by atoms with E-state index in [-0.39, 0.29) is 5.25 Å². The summed E-state index contributed by atoms with van der Waals surface area (Å²) in [5.74, 6) is 5.75. The van der Waals surface area contributed by atoms with Crippen molar-refractivity contribution in [2.75, 3.05) is 5.75 Å². The Balaban J connectivity index is 2.22. The van der Waals surface area contributed by atoms with Crippen LogP contribution in [0.2, 0.25) is 0 Å². The molecule has 136 valence electrons. The molecular weight excluding hydrogens is 340 g/mol. The lowest BCUT2D eigenvalue weighted by molar-refractivity contribution is 0.577. The highest BCUT2D eigenvalue weighted by atomic mass is 32.2. The summed E-state index contributed by atoms with van der Waals surface area (Å²) in [6.45, 7) is 3.50. The highest BCUT2D eigenvalue weighted by Gasteiger charge is 2.14. The summed E-state index contributed by atoms with van der Waals surface area (Å²) in [4.78, 5) is 0. The normalized spacial score (nSPS) is 12.6. The van der Waals surface area contributed by atoms with Crippen LogP contribution in [0.4, 0.5) is 0 Å². The summed E-state index contributed by atoms with van der Waals surface area (Å²) in [5, 5.41) is 1.39. The molecule has 1 aromatic rings. The van der Waals surface area contributed by atoms with Crippen molar-refractivity contribution in [3.05, 3.63) is 40.8 Å². The van der Waals surface area contributed by atoms with E-state index in [2.05, 4.69) is 30.2 Å². The van der Waals surface area contributed by atoms with E-state index in [4.69, 9.17) is 5.84 Å². The highest BCUT2D eigenvalue weighted by molar-refractivity contribution is 7.91. The largest absolute Gasteiger partial charge is 0.323 e. The molecule has 0 unspecified atom stereocenters. The lowest BCUT2D eigenvalue weighted by Gasteiger charge is -2.08. The van der Waals surface area contributed by atoms with Crippen molar-refractivity contribution in [2.24, 2.45) is 5.84 Å². The molecule has 0 bridgehead atoms. The van der Waals surface area contributed by atoms with Gasteiger partial charge in [0, 0.05) is 0 Å². The molecule has 24 heavy (non-hydrogen) atoms. The number of aryl methyl sites for hydroxylation is 1. The van der Waals surface area contributed by atoms with E-state index < -0.39 is 9.84 Å². The number of sulfone groups is 1. The van der Waals surface area contributed by atoms with Crippen LogP contribution in [0, 0.1) is 0 Å². The van der Waals surface area contributed by atoms with Gasteiger partial charge < -0.3 is 5.43 Å². The fourth-order valence-corrected chi connectivity index (χ4v) is 3.75. The van der Waals surface area contributed by atoms with Gasteiger partial charge in [0.15, 0.2) is 9.84 Å². The third-order valence-electron chi connectivity index (χ3n) is 4.16. The summed E-state index contributed by atoms with van der Waals surface area (Å²) in [5.41, 5.74) is 5.73. The van der Waals surface area contributed by atoms with Crippen molar-refractivity contribution in [3.63, 3.8) is 0 Å². The number of hydrogen-bond acceptors (Lipinski definition) is 5. The van der Waals surface area contributed by atoms with Gasteiger partial charge in [0.25, 0.3) is 0 Å². The van der Waals surface area contributed by atoms with Crippen LogP contribution in [-0.4, -0.2) is 19.4 Å². The zero-order valence-electron chi connectivity index (χ0n) is 14.7. The molecule has 0 spiro atoms. The minimum atomic E-state index is -2.87. The molecule has 1 rings (SSSR count). The van der Waals surface area contributed by atoms with Crippen molar-refractivity contribution in [3.8, 4) is 0 Å². The van der Waals surface area contributed by atoms with E-state index >= 15 is 0 Å². The number of thiol groups is 1. The van der Waals surface area contributed by atoms with E-state index in [1.807, 2.05) is 12.1 Å². The Labute approximate surface area is 152 Å². The third-order valence-corrected chi connectivity index (χ3v) is 6.71. The minimum absolute atomic E-state index is 0.257. The number of hydrazine groups is 1. The average Bonchev–Trinajstić information content (AvgIpc) is 2.56. The Morgan fingerprint density at radius 1 is 1.12 bits per heavy atom. The maximum Gasteiger partial charge on any atom is 0.152 e. The van der Waals surface area contributed by atoms with Gasteiger partial charge in [-0.25, -0.2) is 8.42 Å². The van der Waals surface area contributed by atoms with Crippen LogP contribution in [0.5, 0.6) is 0 Å². The number of nitrogens with one attached hydrogen (secondary N) is 1. The summed E-state index contributed by atoms with van der Waals surface area (Å²) >= 11 is 4.12. The van der Waals surface area contributed by atoms with Gasteiger partial charge in [-0.05, 0) is 49.6 Å². The molecule has 0 heterocycles. The number of unbranched alkanes of at least 4 members (excludes halogenated alkanes) is 4. The van der Waals surface area contributed by atoms with E-state index in [0.29, 0.717) is 5.75 Å². The maximum absolute atomic E-state index is 11.7. The van der Waals surface area contributed by atoms with Crippen LogP contribution < -0.4 is 11.3 Å². The zero-order valence-corrected chi connectivity index (χ0v) is 16.4. The van der Waals surface area contributed by atoms with Crippen LogP contribution in [-0.2, 0) is 16.3 Å². The molecule has 0 aliphatic heterocycles. The molecule has 0 radical (unpaired) electrons. The highest BCUT2D eigenvalue weighted by Crippen LogP contribution is 2.15. The Bertz CT molecular complexity index is 608. The quantitative estimate of drug-likeness (QED) is 0.240. The van der Waals surface area contributed by atoms with Gasteiger partial charge in [-0.2, -0.15) is 0 Å². The van der Waals surface area contributed by atoms with Crippen molar-refractivity contribution in [1.82, 2.24) is 5.43 Å². The zero-order chi connectivity index (χ0) is 18.0. The molecule has 0 aromatic heterocycles. The first kappa shape index (κ1) is 21.1. The molecule has 6 heteroatoms. The third kappa shape index (κ3) is 7.28. The first-order chi connectivity index (χ1) is 11.4. The fraction of sp³-hybridized carbons (Fsp3) is 0.556. The van der Waals surface area contributed by atoms with Gasteiger partial charge in [-0.1, -0.05) is 43.5 Å². The smallest absolute Gasteiger partial charge is 0.152 e. The van der Waals surface area contributed by atoms with Gasteiger partial charge in [0.05, 0.1) is 16.7 Å². The van der Waals surface area contributed by atoms with Crippen LogP contribution in [0.25, 0.3) is 5.70 Å². The van der Waals surface area contributed by atoms with Crippen molar-refractivity contribution >= 4 is 28.2 Å². The average molecular weight is 371 g/mol. The number of hydrogen-bond donors (Lipinski definition) is 3. The van der Waals surface area contributed by atoms with E-state index in [1.54, 1.807) is 19.3 Å². The predicted molar refractivity (Wildman–Crippen MR) is 106 cm³/mol. The maximum atomic E-state index is 11.7. The summed E-state index contributed by atoms with van der Waals surface area (Å²) in [6.07, 6.45) is 6.16. The number of rotatable bonds is 11. The summed E-state index contributed by atoms with van der Waals surface area (Å²) < 4.78 is 23.4. The topological polar surface area (TPSA) is 72.2 Å². The van der Waals surface area contributed by atoms with Crippen LogP contribution in [0.1, 0.15) is 57.1 Å². The molecule has 1 aromatic carbocycles. The predicted octanol–water partition coefficient (Wildman–Crippen LogP) is 3.69. The molecule has 0 saturated carbocycles. The molecule has 0 atom stereocenters. The molecule has 0 saturated heterocycles. The first-order valence-electron chi connectivity index (χ1n) is 8.52. The number of benzene rings is 1. The summed E-state index contributed by atoms with van der Waals surface area (Å²) in [6, 6.07) is 8.29. The van der Waals surface area contributed by atoms with Crippen LogP contribution in [0.3, 0.4) is 0 Å². The molecule has 4 nitrogen and oxygen atoms in total. The van der Waals surface area contributed by atoms with Gasteiger partial charge in [-0.15, -0.1) is 12.6 Å². The van der Waals surface area contributed by atoms with E-state index in [1.165, 1.54) is 5.56 Å². The Hall–Kier alpha value is -0.980. The number of nitrogens with two attached hydrogens (primary N) is 1. The summed E-state index contributed by atoms with van der Waals surface area (Å²) in [7, 11) is -2.87. The SMILES string of the molecule is CC(C)S(=O)(=O)CCCCCCCc1ccc(/C(=C/S)NN)cc1. The van der Waals surface area contributed by atoms with Crippen molar-refractivity contribution < 1.29 is 8.42 Å². The van der Waals surface area contributed by atoms with Crippen LogP contribution in [0.15, 0.2) is 29.7 Å². The van der Waals surface area contributed by atoms with Crippen molar-refractivity contribution in [1.29, 1.82) is 0 Å². The molecule has 0 fully saturated rings. The minimum Gasteiger partial charge on any atom is -0.323 e. The fourth-order valence-electron chi connectivity index (χ4n) is 2.44.